The summed E-state index contributed by atoms with van der Waals surface area (Å²) in [7, 11) is 0. The molecule has 5 nitrogen and oxygen atoms in total. The van der Waals surface area contributed by atoms with Crippen LogP contribution < -0.4 is 5.32 Å². The lowest BCUT2D eigenvalue weighted by molar-refractivity contribution is -0.139. The molecule has 88 valence electrons. The second-order valence-corrected chi connectivity index (χ2v) is 3.64. The predicted molar refractivity (Wildman–Crippen MR) is 62.2 cm³/mol. The molecule has 0 amide bonds. The SMILES string of the molecule is O=C(O)C(NCc1ccn[nH]1)c1ccccc1. The predicted octanol–water partition coefficient (Wildman–Crippen LogP) is 1.33. The van der Waals surface area contributed by atoms with Gasteiger partial charge >= 0.3 is 5.97 Å². The zero-order valence-corrected chi connectivity index (χ0v) is 9.13. The Balaban J connectivity index is 2.06. The third kappa shape index (κ3) is 2.92. The number of benzene rings is 1. The highest BCUT2D eigenvalue weighted by Gasteiger charge is 2.18. The monoisotopic (exact) mass is 231 g/mol. The summed E-state index contributed by atoms with van der Waals surface area (Å²) in [6, 6.07) is 10.2. The first kappa shape index (κ1) is 11.3. The summed E-state index contributed by atoms with van der Waals surface area (Å²) in [6.45, 7) is 0.436. The van der Waals surface area contributed by atoms with Gasteiger partial charge < -0.3 is 5.11 Å². The van der Waals surface area contributed by atoms with E-state index in [1.54, 1.807) is 24.4 Å². The van der Waals surface area contributed by atoms with Crippen molar-refractivity contribution in [2.75, 3.05) is 0 Å². The molecule has 0 fully saturated rings. The minimum Gasteiger partial charge on any atom is -0.480 e. The van der Waals surface area contributed by atoms with Crippen LogP contribution in [-0.2, 0) is 11.3 Å². The van der Waals surface area contributed by atoms with Gasteiger partial charge in [0.15, 0.2) is 0 Å². The molecule has 2 rings (SSSR count). The van der Waals surface area contributed by atoms with Crippen LogP contribution in [0.15, 0.2) is 42.6 Å². The standard InChI is InChI=1S/C12H13N3O2/c16-12(17)11(9-4-2-1-3-5-9)13-8-10-6-7-14-15-10/h1-7,11,13H,8H2,(H,14,15)(H,16,17). The van der Waals surface area contributed by atoms with E-state index in [2.05, 4.69) is 15.5 Å². The van der Waals surface area contributed by atoms with Gasteiger partial charge in [-0.05, 0) is 11.6 Å². The highest BCUT2D eigenvalue weighted by atomic mass is 16.4. The van der Waals surface area contributed by atoms with E-state index in [1.807, 2.05) is 18.2 Å². The zero-order chi connectivity index (χ0) is 12.1. The first-order valence-corrected chi connectivity index (χ1v) is 5.27. The van der Waals surface area contributed by atoms with Crippen LogP contribution in [0.2, 0.25) is 0 Å². The average Bonchev–Trinajstić information content (AvgIpc) is 2.83. The largest absolute Gasteiger partial charge is 0.480 e. The third-order valence-corrected chi connectivity index (χ3v) is 2.43. The highest BCUT2D eigenvalue weighted by Crippen LogP contribution is 2.13. The summed E-state index contributed by atoms with van der Waals surface area (Å²) in [6.07, 6.45) is 1.63. The van der Waals surface area contributed by atoms with Crippen molar-refractivity contribution in [1.82, 2.24) is 15.5 Å². The average molecular weight is 231 g/mol. The molecule has 2 aromatic rings. The van der Waals surface area contributed by atoms with E-state index in [0.717, 1.165) is 11.3 Å². The van der Waals surface area contributed by atoms with Gasteiger partial charge in [0, 0.05) is 18.4 Å². The van der Waals surface area contributed by atoms with Crippen LogP contribution in [0.25, 0.3) is 0 Å². The second kappa shape index (κ2) is 5.27. The molecule has 0 aliphatic rings. The minimum absolute atomic E-state index is 0.436. The Morgan fingerprint density at radius 1 is 1.35 bits per heavy atom. The van der Waals surface area contributed by atoms with Crippen molar-refractivity contribution in [2.24, 2.45) is 0 Å². The lowest BCUT2D eigenvalue weighted by Crippen LogP contribution is -2.28. The number of hydrogen-bond acceptors (Lipinski definition) is 3. The normalized spacial score (nSPS) is 12.2. The Morgan fingerprint density at radius 2 is 2.12 bits per heavy atom. The fourth-order valence-corrected chi connectivity index (χ4v) is 1.59. The summed E-state index contributed by atoms with van der Waals surface area (Å²) < 4.78 is 0. The van der Waals surface area contributed by atoms with Crippen molar-refractivity contribution in [2.45, 2.75) is 12.6 Å². The lowest BCUT2D eigenvalue weighted by Gasteiger charge is -2.13. The van der Waals surface area contributed by atoms with E-state index in [1.165, 1.54) is 0 Å². The lowest BCUT2D eigenvalue weighted by atomic mass is 10.1. The van der Waals surface area contributed by atoms with Gasteiger partial charge in [-0.2, -0.15) is 5.10 Å². The van der Waals surface area contributed by atoms with Gasteiger partial charge in [0.05, 0.1) is 0 Å². The quantitative estimate of drug-likeness (QED) is 0.725. The third-order valence-electron chi connectivity index (χ3n) is 2.43. The van der Waals surface area contributed by atoms with Crippen LogP contribution in [-0.4, -0.2) is 21.3 Å². The molecule has 1 aromatic carbocycles. The number of hydrogen-bond donors (Lipinski definition) is 3. The van der Waals surface area contributed by atoms with Gasteiger partial charge in [0.1, 0.15) is 6.04 Å². The van der Waals surface area contributed by atoms with E-state index in [-0.39, 0.29) is 0 Å². The topological polar surface area (TPSA) is 78.0 Å². The Kier molecular flexibility index (Phi) is 3.52. The fourth-order valence-electron chi connectivity index (χ4n) is 1.59. The maximum Gasteiger partial charge on any atom is 0.325 e. The van der Waals surface area contributed by atoms with Crippen molar-refractivity contribution in [1.29, 1.82) is 0 Å². The molecule has 3 N–H and O–H groups in total. The number of nitrogens with zero attached hydrogens (tertiary/aromatic N) is 1. The molecule has 0 saturated carbocycles. The molecular formula is C12H13N3O2. The molecule has 1 aromatic heterocycles. The zero-order valence-electron chi connectivity index (χ0n) is 9.13. The Hall–Kier alpha value is -2.14. The van der Waals surface area contributed by atoms with Gasteiger partial charge in [-0.3, -0.25) is 15.2 Å². The molecule has 0 spiro atoms. The number of aromatic nitrogens is 2. The van der Waals surface area contributed by atoms with Crippen LogP contribution >= 0.6 is 0 Å². The van der Waals surface area contributed by atoms with Crippen molar-refractivity contribution >= 4 is 5.97 Å². The number of H-pyrrole nitrogens is 1. The smallest absolute Gasteiger partial charge is 0.325 e. The van der Waals surface area contributed by atoms with Gasteiger partial charge in [-0.25, -0.2) is 0 Å². The van der Waals surface area contributed by atoms with Gasteiger partial charge in [0.2, 0.25) is 0 Å². The molecule has 1 unspecified atom stereocenters. The Morgan fingerprint density at radius 3 is 2.71 bits per heavy atom. The number of carboxylic acids is 1. The maximum atomic E-state index is 11.2. The van der Waals surface area contributed by atoms with Crippen LogP contribution in [0.5, 0.6) is 0 Å². The number of nitrogens with one attached hydrogen (secondary N) is 2. The summed E-state index contributed by atoms with van der Waals surface area (Å²) in [4.78, 5) is 11.2. The molecule has 0 bridgehead atoms. The Labute approximate surface area is 98.5 Å². The molecular weight excluding hydrogens is 218 g/mol. The van der Waals surface area contributed by atoms with Gasteiger partial charge in [-0.1, -0.05) is 30.3 Å². The van der Waals surface area contributed by atoms with E-state index in [9.17, 15) is 4.79 Å². The van der Waals surface area contributed by atoms with Crippen LogP contribution in [0.1, 0.15) is 17.3 Å². The van der Waals surface area contributed by atoms with E-state index in [0.29, 0.717) is 6.54 Å². The first-order chi connectivity index (χ1) is 8.27. The van der Waals surface area contributed by atoms with Gasteiger partial charge in [0.25, 0.3) is 0 Å². The molecule has 1 atom stereocenters. The minimum atomic E-state index is -0.893. The second-order valence-electron chi connectivity index (χ2n) is 3.64. The van der Waals surface area contributed by atoms with E-state index >= 15 is 0 Å². The summed E-state index contributed by atoms with van der Waals surface area (Å²) in [5.41, 5.74) is 1.59. The molecule has 0 aliphatic heterocycles. The Bertz CT molecular complexity index is 468. The van der Waals surface area contributed by atoms with Crippen molar-refractivity contribution in [3.63, 3.8) is 0 Å². The number of carboxylic acid groups (broad SMARTS) is 1. The molecule has 5 heteroatoms. The summed E-state index contributed by atoms with van der Waals surface area (Å²) >= 11 is 0. The van der Waals surface area contributed by atoms with E-state index in [4.69, 9.17) is 5.11 Å². The van der Waals surface area contributed by atoms with Crippen molar-refractivity contribution in [3.8, 4) is 0 Å². The number of carbonyl (C=O) groups is 1. The molecule has 1 heterocycles. The van der Waals surface area contributed by atoms with Crippen molar-refractivity contribution in [3.05, 3.63) is 53.9 Å². The molecule has 0 radical (unpaired) electrons. The van der Waals surface area contributed by atoms with E-state index < -0.39 is 12.0 Å². The van der Waals surface area contributed by atoms with Gasteiger partial charge in [-0.15, -0.1) is 0 Å². The van der Waals surface area contributed by atoms with Crippen LogP contribution in [0.3, 0.4) is 0 Å². The first-order valence-electron chi connectivity index (χ1n) is 5.27. The van der Waals surface area contributed by atoms with Crippen LogP contribution in [0, 0.1) is 0 Å². The number of aliphatic carboxylic acids is 1. The summed E-state index contributed by atoms with van der Waals surface area (Å²) in [5.74, 6) is -0.893. The number of aromatic amines is 1. The number of rotatable bonds is 5. The highest BCUT2D eigenvalue weighted by molar-refractivity contribution is 5.75. The summed E-state index contributed by atoms with van der Waals surface area (Å²) in [5, 5.41) is 18.7. The fraction of sp³-hybridized carbons (Fsp3) is 0.167. The molecule has 0 saturated heterocycles. The molecule has 0 aliphatic carbocycles. The van der Waals surface area contributed by atoms with Crippen LogP contribution in [0.4, 0.5) is 0 Å². The molecule has 17 heavy (non-hydrogen) atoms. The van der Waals surface area contributed by atoms with Crippen molar-refractivity contribution < 1.29 is 9.90 Å². The maximum absolute atomic E-state index is 11.2.